The summed E-state index contributed by atoms with van der Waals surface area (Å²) in [6.07, 6.45) is 0.886. The van der Waals surface area contributed by atoms with Crippen molar-refractivity contribution in [3.8, 4) is 0 Å². The molecule has 0 radical (unpaired) electrons. The molecule has 1 aromatic carbocycles. The predicted molar refractivity (Wildman–Crippen MR) is 91.7 cm³/mol. The Hall–Kier alpha value is -0.400. The van der Waals surface area contributed by atoms with Crippen LogP contribution in [0.15, 0.2) is 40.2 Å². The maximum atomic E-state index is 12.4. The van der Waals surface area contributed by atoms with Crippen LogP contribution in [0.5, 0.6) is 0 Å². The number of hydrogen-bond donors (Lipinski definition) is 1. The standard InChI is InChI=1S/C14H13BrINOS/c1-2-12(13-4-3-7-19-13)17-14(18)10-8-9(15)5-6-11(10)16/h3-8,12H,2H2,1H3,(H,17,18). The Labute approximate surface area is 138 Å². The van der Waals surface area contributed by atoms with Crippen molar-refractivity contribution >= 4 is 55.8 Å². The van der Waals surface area contributed by atoms with Gasteiger partial charge in [0.25, 0.3) is 5.91 Å². The van der Waals surface area contributed by atoms with Crippen LogP contribution in [0.25, 0.3) is 0 Å². The van der Waals surface area contributed by atoms with Crippen LogP contribution in [0.3, 0.4) is 0 Å². The summed E-state index contributed by atoms with van der Waals surface area (Å²) in [4.78, 5) is 13.5. The topological polar surface area (TPSA) is 29.1 Å². The number of carbonyl (C=O) groups excluding carboxylic acids is 1. The quantitative estimate of drug-likeness (QED) is 0.654. The SMILES string of the molecule is CCC(NC(=O)c1cc(Br)ccc1I)c1cccs1. The predicted octanol–water partition coefficient (Wildman–Crippen LogP) is 5.00. The molecule has 0 saturated carbocycles. The lowest BCUT2D eigenvalue weighted by atomic mass is 10.1. The second-order valence-electron chi connectivity index (χ2n) is 4.07. The lowest BCUT2D eigenvalue weighted by Crippen LogP contribution is -2.28. The van der Waals surface area contributed by atoms with E-state index < -0.39 is 0 Å². The van der Waals surface area contributed by atoms with Gasteiger partial charge in [0, 0.05) is 12.9 Å². The van der Waals surface area contributed by atoms with E-state index in [0.717, 1.165) is 14.5 Å². The number of carbonyl (C=O) groups is 1. The van der Waals surface area contributed by atoms with Crippen molar-refractivity contribution in [1.82, 2.24) is 5.32 Å². The first-order valence-electron chi connectivity index (χ1n) is 5.91. The van der Waals surface area contributed by atoms with Crippen LogP contribution >= 0.6 is 49.9 Å². The molecule has 2 aromatic rings. The normalized spacial score (nSPS) is 12.2. The molecular formula is C14H13BrINOS. The van der Waals surface area contributed by atoms with E-state index in [1.54, 1.807) is 11.3 Å². The van der Waals surface area contributed by atoms with Crippen molar-refractivity contribution in [2.75, 3.05) is 0 Å². The molecule has 1 aromatic heterocycles. The molecule has 1 heterocycles. The molecule has 5 heteroatoms. The first-order valence-corrected chi connectivity index (χ1v) is 8.66. The molecule has 0 aliphatic rings. The Balaban J connectivity index is 2.18. The molecule has 2 rings (SSSR count). The summed E-state index contributed by atoms with van der Waals surface area (Å²) in [5.41, 5.74) is 0.713. The fraction of sp³-hybridized carbons (Fsp3) is 0.214. The highest BCUT2D eigenvalue weighted by molar-refractivity contribution is 14.1. The van der Waals surface area contributed by atoms with Crippen molar-refractivity contribution in [1.29, 1.82) is 0 Å². The molecule has 0 spiro atoms. The second-order valence-corrected chi connectivity index (χ2v) is 7.13. The lowest BCUT2D eigenvalue weighted by molar-refractivity contribution is 0.0935. The molecule has 1 N–H and O–H groups in total. The second kappa shape index (κ2) is 6.85. The van der Waals surface area contributed by atoms with E-state index in [0.29, 0.717) is 5.56 Å². The molecule has 1 unspecified atom stereocenters. The molecule has 2 nitrogen and oxygen atoms in total. The van der Waals surface area contributed by atoms with Crippen molar-refractivity contribution in [2.24, 2.45) is 0 Å². The minimum Gasteiger partial charge on any atom is -0.344 e. The Morgan fingerprint density at radius 1 is 1.47 bits per heavy atom. The summed E-state index contributed by atoms with van der Waals surface area (Å²) >= 11 is 7.27. The molecule has 100 valence electrons. The molecule has 0 fully saturated rings. The largest absolute Gasteiger partial charge is 0.344 e. The number of benzene rings is 1. The third kappa shape index (κ3) is 3.79. The van der Waals surface area contributed by atoms with Gasteiger partial charge in [-0.05, 0) is 58.7 Å². The highest BCUT2D eigenvalue weighted by Crippen LogP contribution is 2.24. The fourth-order valence-corrected chi connectivity index (χ4v) is 3.57. The Bertz CT molecular complexity index is 571. The van der Waals surface area contributed by atoms with E-state index in [1.807, 2.05) is 29.6 Å². The summed E-state index contributed by atoms with van der Waals surface area (Å²) in [6, 6.07) is 9.89. The fourth-order valence-electron chi connectivity index (χ4n) is 1.77. The number of thiophene rings is 1. The zero-order valence-corrected chi connectivity index (χ0v) is 14.9. The van der Waals surface area contributed by atoms with Gasteiger partial charge < -0.3 is 5.32 Å². The maximum Gasteiger partial charge on any atom is 0.252 e. The molecule has 1 amide bonds. The molecule has 0 bridgehead atoms. The van der Waals surface area contributed by atoms with Crippen LogP contribution in [-0.4, -0.2) is 5.91 Å². The Morgan fingerprint density at radius 2 is 2.26 bits per heavy atom. The van der Waals surface area contributed by atoms with Gasteiger partial charge in [0.2, 0.25) is 0 Å². The average Bonchev–Trinajstić information content (AvgIpc) is 2.92. The van der Waals surface area contributed by atoms with E-state index in [2.05, 4.69) is 56.8 Å². The van der Waals surface area contributed by atoms with Crippen molar-refractivity contribution in [3.63, 3.8) is 0 Å². The van der Waals surface area contributed by atoms with Crippen LogP contribution in [0, 0.1) is 3.57 Å². The van der Waals surface area contributed by atoms with Gasteiger partial charge in [-0.2, -0.15) is 0 Å². The number of nitrogens with one attached hydrogen (secondary N) is 1. The summed E-state index contributed by atoms with van der Waals surface area (Å²) in [7, 11) is 0. The van der Waals surface area contributed by atoms with Crippen LogP contribution in [0.4, 0.5) is 0 Å². The van der Waals surface area contributed by atoms with Crippen LogP contribution in [0.2, 0.25) is 0 Å². The van der Waals surface area contributed by atoms with Crippen molar-refractivity contribution in [3.05, 3.63) is 54.2 Å². The minimum absolute atomic E-state index is 0.0223. The van der Waals surface area contributed by atoms with Gasteiger partial charge >= 0.3 is 0 Å². The molecule has 19 heavy (non-hydrogen) atoms. The van der Waals surface area contributed by atoms with E-state index in [4.69, 9.17) is 0 Å². The van der Waals surface area contributed by atoms with Gasteiger partial charge in [-0.25, -0.2) is 0 Å². The van der Waals surface area contributed by atoms with Gasteiger partial charge in [0.05, 0.1) is 11.6 Å². The third-order valence-electron chi connectivity index (χ3n) is 2.77. The summed E-state index contributed by atoms with van der Waals surface area (Å²) in [5, 5.41) is 5.13. The van der Waals surface area contributed by atoms with Crippen LogP contribution in [-0.2, 0) is 0 Å². The van der Waals surface area contributed by atoms with E-state index >= 15 is 0 Å². The third-order valence-corrected chi connectivity index (χ3v) is 5.19. The summed E-state index contributed by atoms with van der Waals surface area (Å²) in [5.74, 6) is -0.0223. The molecule has 1 atom stereocenters. The van der Waals surface area contributed by atoms with Gasteiger partial charge in [-0.3, -0.25) is 4.79 Å². The minimum atomic E-state index is -0.0223. The summed E-state index contributed by atoms with van der Waals surface area (Å²) < 4.78 is 1.88. The van der Waals surface area contributed by atoms with E-state index in [9.17, 15) is 4.79 Å². The number of halogens is 2. The number of amides is 1. The molecular weight excluding hydrogens is 437 g/mol. The summed E-state index contributed by atoms with van der Waals surface area (Å²) in [6.45, 7) is 2.08. The van der Waals surface area contributed by atoms with Crippen molar-refractivity contribution in [2.45, 2.75) is 19.4 Å². The van der Waals surface area contributed by atoms with E-state index in [-0.39, 0.29) is 11.9 Å². The van der Waals surface area contributed by atoms with Crippen molar-refractivity contribution < 1.29 is 4.79 Å². The lowest BCUT2D eigenvalue weighted by Gasteiger charge is -2.16. The molecule has 0 aliphatic heterocycles. The Morgan fingerprint density at radius 3 is 2.89 bits per heavy atom. The number of rotatable bonds is 4. The van der Waals surface area contributed by atoms with Gasteiger partial charge in [-0.1, -0.05) is 28.9 Å². The molecule has 0 saturated heterocycles. The van der Waals surface area contributed by atoms with E-state index in [1.165, 1.54) is 4.88 Å². The monoisotopic (exact) mass is 449 g/mol. The first kappa shape index (κ1) is 15.0. The first-order chi connectivity index (χ1) is 9.11. The Kier molecular flexibility index (Phi) is 5.41. The zero-order chi connectivity index (χ0) is 13.8. The van der Waals surface area contributed by atoms with Crippen LogP contribution < -0.4 is 5.32 Å². The number of hydrogen-bond acceptors (Lipinski definition) is 2. The maximum absolute atomic E-state index is 12.4. The molecule has 0 aliphatic carbocycles. The smallest absolute Gasteiger partial charge is 0.252 e. The van der Waals surface area contributed by atoms with Gasteiger partial charge in [0.1, 0.15) is 0 Å². The highest BCUT2D eigenvalue weighted by atomic mass is 127. The van der Waals surface area contributed by atoms with Gasteiger partial charge in [0.15, 0.2) is 0 Å². The zero-order valence-electron chi connectivity index (χ0n) is 10.3. The van der Waals surface area contributed by atoms with Crippen LogP contribution in [0.1, 0.15) is 34.6 Å². The highest BCUT2D eigenvalue weighted by Gasteiger charge is 2.16. The van der Waals surface area contributed by atoms with Gasteiger partial charge in [-0.15, -0.1) is 11.3 Å². The average molecular weight is 450 g/mol.